The van der Waals surface area contributed by atoms with Crippen LogP contribution in [-0.2, 0) is 11.3 Å². The summed E-state index contributed by atoms with van der Waals surface area (Å²) in [5, 5.41) is 13.4. The summed E-state index contributed by atoms with van der Waals surface area (Å²) in [5.41, 5.74) is 1.69. The topological polar surface area (TPSA) is 84.7 Å². The molecule has 0 aromatic heterocycles. The summed E-state index contributed by atoms with van der Waals surface area (Å²) < 4.78 is 4.52. The average Bonchev–Trinajstić information content (AvgIpc) is 2.98. The predicted molar refractivity (Wildman–Crippen MR) is 73.8 cm³/mol. The van der Waals surface area contributed by atoms with E-state index in [4.69, 9.17) is 0 Å². The lowest BCUT2D eigenvalue weighted by molar-refractivity contribution is -0.384. The van der Waals surface area contributed by atoms with Crippen molar-refractivity contribution >= 4 is 17.5 Å². The number of nitro groups is 1. The van der Waals surface area contributed by atoms with E-state index in [0.717, 1.165) is 37.2 Å². The molecule has 2 rings (SSSR count). The number of amides is 1. The van der Waals surface area contributed by atoms with Gasteiger partial charge in [0.1, 0.15) is 0 Å². The first-order chi connectivity index (χ1) is 9.61. The van der Waals surface area contributed by atoms with Gasteiger partial charge in [-0.3, -0.25) is 10.1 Å². The highest BCUT2D eigenvalue weighted by Gasteiger charge is 2.18. The maximum atomic E-state index is 11.2. The predicted octanol–water partition coefficient (Wildman–Crippen LogP) is 2.05. The zero-order valence-corrected chi connectivity index (χ0v) is 11.3. The van der Waals surface area contributed by atoms with Gasteiger partial charge in [0.2, 0.25) is 0 Å². The van der Waals surface area contributed by atoms with Crippen molar-refractivity contribution in [1.82, 2.24) is 5.32 Å². The van der Waals surface area contributed by atoms with Crippen molar-refractivity contribution < 1.29 is 14.5 Å². The van der Waals surface area contributed by atoms with E-state index in [-0.39, 0.29) is 12.2 Å². The largest absolute Gasteiger partial charge is 0.453 e. The molecule has 7 heteroatoms. The fraction of sp³-hybridized carbons (Fsp3) is 0.462. The lowest BCUT2D eigenvalue weighted by Crippen LogP contribution is -2.25. The standard InChI is InChI=1S/C13H17N3O4/c1-20-13(17)14-9-10-8-11(16(18)19)4-5-12(10)15-6-2-3-7-15/h4-5,8H,2-3,6-7,9H2,1H3,(H,14,17). The smallest absolute Gasteiger partial charge is 0.407 e. The van der Waals surface area contributed by atoms with Gasteiger partial charge in [-0.05, 0) is 18.9 Å². The Labute approximate surface area is 116 Å². The third-order valence-electron chi connectivity index (χ3n) is 3.33. The third-order valence-corrected chi connectivity index (χ3v) is 3.33. The molecule has 0 spiro atoms. The fourth-order valence-electron chi connectivity index (χ4n) is 2.33. The quantitative estimate of drug-likeness (QED) is 0.673. The molecule has 1 aromatic carbocycles. The number of hydrogen-bond donors (Lipinski definition) is 1. The van der Waals surface area contributed by atoms with Crippen LogP contribution < -0.4 is 10.2 Å². The molecule has 0 aliphatic carbocycles. The van der Waals surface area contributed by atoms with Gasteiger partial charge in [0.15, 0.2) is 0 Å². The van der Waals surface area contributed by atoms with E-state index in [0.29, 0.717) is 0 Å². The van der Waals surface area contributed by atoms with Gasteiger partial charge in [-0.2, -0.15) is 0 Å². The van der Waals surface area contributed by atoms with Gasteiger partial charge in [0.25, 0.3) is 5.69 Å². The van der Waals surface area contributed by atoms with Crippen molar-refractivity contribution in [3.8, 4) is 0 Å². The number of rotatable bonds is 4. The van der Waals surface area contributed by atoms with E-state index < -0.39 is 11.0 Å². The zero-order valence-electron chi connectivity index (χ0n) is 11.3. The molecular formula is C13H17N3O4. The van der Waals surface area contributed by atoms with Crippen molar-refractivity contribution in [2.24, 2.45) is 0 Å². The van der Waals surface area contributed by atoms with Crippen molar-refractivity contribution in [2.75, 3.05) is 25.1 Å². The van der Waals surface area contributed by atoms with Crippen molar-refractivity contribution in [3.05, 3.63) is 33.9 Å². The number of benzene rings is 1. The molecule has 20 heavy (non-hydrogen) atoms. The molecule has 0 radical (unpaired) electrons. The van der Waals surface area contributed by atoms with Gasteiger partial charge in [-0.1, -0.05) is 0 Å². The second-order valence-corrected chi connectivity index (χ2v) is 4.61. The van der Waals surface area contributed by atoms with Gasteiger partial charge >= 0.3 is 6.09 Å². The lowest BCUT2D eigenvalue weighted by Gasteiger charge is -2.21. The van der Waals surface area contributed by atoms with Gasteiger partial charge in [0.05, 0.1) is 12.0 Å². The molecule has 1 aromatic rings. The molecule has 1 amide bonds. The number of nitro benzene ring substituents is 1. The minimum atomic E-state index is -0.552. The van der Waals surface area contributed by atoms with E-state index in [9.17, 15) is 14.9 Å². The molecule has 0 bridgehead atoms. The summed E-state index contributed by atoms with van der Waals surface area (Å²) in [7, 11) is 1.28. The van der Waals surface area contributed by atoms with Crippen LogP contribution in [0.4, 0.5) is 16.2 Å². The molecular weight excluding hydrogens is 262 g/mol. The number of ether oxygens (including phenoxy) is 1. The number of anilines is 1. The van der Waals surface area contributed by atoms with Gasteiger partial charge in [0, 0.05) is 43.0 Å². The Hall–Kier alpha value is -2.31. The summed E-state index contributed by atoms with van der Waals surface area (Å²) in [4.78, 5) is 23.8. The third kappa shape index (κ3) is 3.17. The molecule has 1 aliphatic heterocycles. The van der Waals surface area contributed by atoms with Crippen LogP contribution in [0, 0.1) is 10.1 Å². The van der Waals surface area contributed by atoms with Crippen LogP contribution in [0.1, 0.15) is 18.4 Å². The molecule has 1 aliphatic rings. The highest BCUT2D eigenvalue weighted by atomic mass is 16.6. The Bertz CT molecular complexity index is 512. The minimum Gasteiger partial charge on any atom is -0.453 e. The van der Waals surface area contributed by atoms with E-state index in [2.05, 4.69) is 15.0 Å². The highest BCUT2D eigenvalue weighted by molar-refractivity contribution is 5.68. The second-order valence-electron chi connectivity index (χ2n) is 4.61. The van der Waals surface area contributed by atoms with Crippen LogP contribution in [0.5, 0.6) is 0 Å². The fourth-order valence-corrected chi connectivity index (χ4v) is 2.33. The highest BCUT2D eigenvalue weighted by Crippen LogP contribution is 2.28. The molecule has 0 saturated carbocycles. The van der Waals surface area contributed by atoms with E-state index in [1.807, 2.05) is 0 Å². The molecule has 7 nitrogen and oxygen atoms in total. The van der Waals surface area contributed by atoms with E-state index in [1.165, 1.54) is 19.2 Å². The van der Waals surface area contributed by atoms with Crippen molar-refractivity contribution in [2.45, 2.75) is 19.4 Å². The Balaban J connectivity index is 2.24. The summed E-state index contributed by atoms with van der Waals surface area (Å²) in [6.45, 7) is 2.08. The Kier molecular flexibility index (Phi) is 4.39. The summed E-state index contributed by atoms with van der Waals surface area (Å²) in [5.74, 6) is 0. The number of nitrogens with one attached hydrogen (secondary N) is 1. The first kappa shape index (κ1) is 14.1. The normalized spacial score (nSPS) is 14.2. The van der Waals surface area contributed by atoms with Crippen molar-refractivity contribution in [3.63, 3.8) is 0 Å². The number of alkyl carbamates (subject to hydrolysis) is 1. The number of hydrogen-bond acceptors (Lipinski definition) is 5. The summed E-state index contributed by atoms with van der Waals surface area (Å²) >= 11 is 0. The van der Waals surface area contributed by atoms with Crippen LogP contribution in [0.3, 0.4) is 0 Å². The summed E-state index contributed by atoms with van der Waals surface area (Å²) in [6, 6.07) is 4.75. The van der Waals surface area contributed by atoms with E-state index in [1.54, 1.807) is 6.07 Å². The SMILES string of the molecule is COC(=O)NCc1cc([N+](=O)[O-])ccc1N1CCCC1. The average molecular weight is 279 g/mol. The molecule has 0 unspecified atom stereocenters. The van der Waals surface area contributed by atoms with Gasteiger partial charge in [-0.15, -0.1) is 0 Å². The monoisotopic (exact) mass is 279 g/mol. The molecule has 0 atom stereocenters. The maximum Gasteiger partial charge on any atom is 0.407 e. The number of nitrogens with zero attached hydrogens (tertiary/aromatic N) is 2. The first-order valence-electron chi connectivity index (χ1n) is 6.46. The van der Waals surface area contributed by atoms with Gasteiger partial charge < -0.3 is 15.0 Å². The Morgan fingerprint density at radius 1 is 1.45 bits per heavy atom. The molecule has 1 N–H and O–H groups in total. The Morgan fingerprint density at radius 3 is 2.75 bits per heavy atom. The molecule has 1 fully saturated rings. The lowest BCUT2D eigenvalue weighted by atomic mass is 10.1. The number of carbonyl (C=O) groups excluding carboxylic acids is 1. The van der Waals surface area contributed by atoms with E-state index >= 15 is 0 Å². The maximum absolute atomic E-state index is 11.2. The van der Waals surface area contributed by atoms with Gasteiger partial charge in [-0.25, -0.2) is 4.79 Å². The number of methoxy groups -OCH3 is 1. The number of carbonyl (C=O) groups is 1. The second kappa shape index (κ2) is 6.23. The van der Waals surface area contributed by atoms with Crippen LogP contribution >= 0.6 is 0 Å². The number of non-ortho nitro benzene ring substituents is 1. The first-order valence-corrected chi connectivity index (χ1v) is 6.46. The van der Waals surface area contributed by atoms with Crippen molar-refractivity contribution in [1.29, 1.82) is 0 Å². The summed E-state index contributed by atoms with van der Waals surface area (Å²) in [6.07, 6.45) is 1.67. The van der Waals surface area contributed by atoms with Crippen LogP contribution in [-0.4, -0.2) is 31.2 Å². The van der Waals surface area contributed by atoms with Crippen LogP contribution in [0.2, 0.25) is 0 Å². The minimum absolute atomic E-state index is 0.0228. The Morgan fingerprint density at radius 2 is 2.15 bits per heavy atom. The van der Waals surface area contributed by atoms with Crippen LogP contribution in [0.25, 0.3) is 0 Å². The molecule has 1 saturated heterocycles. The molecule has 1 heterocycles. The molecule has 108 valence electrons. The van der Waals surface area contributed by atoms with Crippen LogP contribution in [0.15, 0.2) is 18.2 Å². The zero-order chi connectivity index (χ0) is 14.5.